The molecule has 65 heavy (non-hydrogen) atoms. The third-order valence-corrected chi connectivity index (χ3v) is 13.9. The second-order valence-corrected chi connectivity index (χ2v) is 20.5. The molecule has 0 aliphatic rings. The first-order chi connectivity index (χ1) is 31.8. The van der Waals surface area contributed by atoms with Crippen molar-refractivity contribution in [1.29, 1.82) is 0 Å². The van der Waals surface area contributed by atoms with Crippen molar-refractivity contribution < 1.29 is 9.53 Å². The van der Waals surface area contributed by atoms with Gasteiger partial charge in [-0.3, -0.25) is 9.69 Å². The van der Waals surface area contributed by atoms with E-state index in [1.807, 2.05) is 11.9 Å². The summed E-state index contributed by atoms with van der Waals surface area (Å²) >= 11 is 0. The van der Waals surface area contributed by atoms with Crippen molar-refractivity contribution in [3.05, 3.63) is 12.3 Å². The standard InChI is InChI=1S/C58H119N5O2/c1-9-14-19-23-27-31-35-45-61(50-42-43-57(6)65-55-41-18-13-5)48-40-39-44-59(7)51-52-60(8)58(64)56-63(49-38-34-30-26-22-17-12-4)54-53-62(46-36-32-28-24-20-15-10-2)47-37-33-29-25-21-16-11-3/h6,9-56H2,1-5,7-8H3. The van der Waals surface area contributed by atoms with Crippen LogP contribution in [-0.2, 0) is 9.53 Å². The minimum atomic E-state index is 0.294. The summed E-state index contributed by atoms with van der Waals surface area (Å²) < 4.78 is 5.93. The molecule has 0 aromatic heterocycles. The lowest BCUT2D eigenvalue weighted by Gasteiger charge is -2.29. The fourth-order valence-corrected chi connectivity index (χ4v) is 9.12. The summed E-state index contributed by atoms with van der Waals surface area (Å²) in [6.45, 7) is 29.0. The summed E-state index contributed by atoms with van der Waals surface area (Å²) in [4.78, 5) is 26.3. The van der Waals surface area contributed by atoms with Gasteiger partial charge in [0.25, 0.3) is 0 Å². The van der Waals surface area contributed by atoms with Crippen molar-refractivity contribution in [3.8, 4) is 0 Å². The molecule has 388 valence electrons. The Hall–Kier alpha value is -1.15. The van der Waals surface area contributed by atoms with Crippen LogP contribution in [0.15, 0.2) is 12.3 Å². The highest BCUT2D eigenvalue weighted by Gasteiger charge is 2.17. The highest BCUT2D eigenvalue weighted by atomic mass is 16.5. The van der Waals surface area contributed by atoms with Crippen molar-refractivity contribution in [2.24, 2.45) is 0 Å². The minimum Gasteiger partial charge on any atom is -0.499 e. The number of carbonyl (C=O) groups excluding carboxylic acids is 1. The number of hydrogen-bond acceptors (Lipinski definition) is 6. The first kappa shape index (κ1) is 63.8. The van der Waals surface area contributed by atoms with E-state index in [0.29, 0.717) is 12.5 Å². The number of unbranched alkanes of at least 4 members (excludes halogenated alkanes) is 27. The van der Waals surface area contributed by atoms with Crippen molar-refractivity contribution >= 4 is 5.91 Å². The molecular formula is C58H119N5O2. The zero-order valence-corrected chi connectivity index (χ0v) is 45.7. The number of hydrogen-bond donors (Lipinski definition) is 0. The van der Waals surface area contributed by atoms with Crippen LogP contribution in [0.1, 0.15) is 259 Å². The average Bonchev–Trinajstić information content (AvgIpc) is 3.30. The van der Waals surface area contributed by atoms with Gasteiger partial charge >= 0.3 is 0 Å². The largest absolute Gasteiger partial charge is 0.499 e. The third kappa shape index (κ3) is 45.1. The van der Waals surface area contributed by atoms with E-state index < -0.39 is 0 Å². The van der Waals surface area contributed by atoms with Gasteiger partial charge in [-0.15, -0.1) is 0 Å². The Morgan fingerprint density at radius 3 is 1.12 bits per heavy atom. The Bertz CT molecular complexity index is 962. The topological polar surface area (TPSA) is 42.5 Å². The zero-order valence-electron chi connectivity index (χ0n) is 45.7. The van der Waals surface area contributed by atoms with Gasteiger partial charge in [0.2, 0.25) is 5.91 Å². The molecule has 0 heterocycles. The number of rotatable bonds is 54. The molecule has 0 rings (SSSR count). The van der Waals surface area contributed by atoms with Gasteiger partial charge in [0.05, 0.1) is 18.9 Å². The molecule has 0 saturated carbocycles. The molecule has 0 saturated heterocycles. The van der Waals surface area contributed by atoms with Gasteiger partial charge in [0, 0.05) is 39.6 Å². The molecule has 0 aliphatic heterocycles. The van der Waals surface area contributed by atoms with Crippen LogP contribution in [0.5, 0.6) is 0 Å². The summed E-state index contributed by atoms with van der Waals surface area (Å²) in [5, 5.41) is 0. The lowest BCUT2D eigenvalue weighted by atomic mass is 10.1. The van der Waals surface area contributed by atoms with E-state index in [9.17, 15) is 4.79 Å². The molecule has 0 aliphatic carbocycles. The van der Waals surface area contributed by atoms with Gasteiger partial charge in [0.1, 0.15) is 0 Å². The summed E-state index contributed by atoms with van der Waals surface area (Å²) in [5.74, 6) is 1.26. The van der Waals surface area contributed by atoms with E-state index in [1.165, 1.54) is 232 Å². The normalized spacial score (nSPS) is 11.9. The predicted octanol–water partition coefficient (Wildman–Crippen LogP) is 15.6. The molecule has 7 nitrogen and oxygen atoms in total. The van der Waals surface area contributed by atoms with E-state index >= 15 is 0 Å². The van der Waals surface area contributed by atoms with Crippen molar-refractivity contribution in [1.82, 2.24) is 24.5 Å². The monoisotopic (exact) mass is 918 g/mol. The molecular weight excluding hydrogens is 799 g/mol. The summed E-state index contributed by atoms with van der Waals surface area (Å²) in [6, 6.07) is 0. The van der Waals surface area contributed by atoms with Gasteiger partial charge in [-0.1, -0.05) is 208 Å². The third-order valence-electron chi connectivity index (χ3n) is 13.9. The van der Waals surface area contributed by atoms with E-state index in [-0.39, 0.29) is 0 Å². The number of ether oxygens (including phenoxy) is 1. The Balaban J connectivity index is 5.10. The van der Waals surface area contributed by atoms with Gasteiger partial charge < -0.3 is 24.3 Å². The number of amides is 1. The van der Waals surface area contributed by atoms with Crippen molar-refractivity contribution in [2.45, 2.75) is 259 Å². The molecule has 0 unspecified atom stereocenters. The first-order valence-corrected chi connectivity index (χ1v) is 29.2. The van der Waals surface area contributed by atoms with Gasteiger partial charge in [0.15, 0.2) is 0 Å². The minimum absolute atomic E-state index is 0.294. The van der Waals surface area contributed by atoms with Crippen LogP contribution in [0.4, 0.5) is 0 Å². The molecule has 0 spiro atoms. The van der Waals surface area contributed by atoms with Crippen LogP contribution in [0, 0.1) is 0 Å². The molecule has 1 amide bonds. The van der Waals surface area contributed by atoms with Crippen LogP contribution in [-0.4, -0.2) is 130 Å². The predicted molar refractivity (Wildman–Crippen MR) is 290 cm³/mol. The van der Waals surface area contributed by atoms with Crippen LogP contribution < -0.4 is 0 Å². The molecule has 0 fully saturated rings. The Kier molecular flexibility index (Phi) is 49.8. The first-order valence-electron chi connectivity index (χ1n) is 29.2. The molecule has 0 N–H and O–H groups in total. The van der Waals surface area contributed by atoms with Crippen LogP contribution in [0.3, 0.4) is 0 Å². The molecule has 0 aromatic rings. The average molecular weight is 919 g/mol. The molecule has 0 atom stereocenters. The zero-order chi connectivity index (χ0) is 47.7. The van der Waals surface area contributed by atoms with Crippen LogP contribution in [0.2, 0.25) is 0 Å². The van der Waals surface area contributed by atoms with E-state index in [1.54, 1.807) is 0 Å². The van der Waals surface area contributed by atoms with Crippen molar-refractivity contribution in [3.63, 3.8) is 0 Å². The van der Waals surface area contributed by atoms with E-state index in [0.717, 1.165) is 77.4 Å². The summed E-state index contributed by atoms with van der Waals surface area (Å²) in [6.07, 6.45) is 46.1. The molecule has 7 heteroatoms. The van der Waals surface area contributed by atoms with Gasteiger partial charge in [-0.2, -0.15) is 0 Å². The SMILES string of the molecule is C=C(CCCN(CCCCCCCCC)CCCCN(C)CCN(C)C(=O)CN(CCCCCCCCC)CCN(CCCCCCCCC)CCCCCCCCC)OCCCCC. The maximum atomic E-state index is 13.8. The Labute approximate surface area is 409 Å². The van der Waals surface area contributed by atoms with E-state index in [4.69, 9.17) is 4.74 Å². The van der Waals surface area contributed by atoms with Crippen LogP contribution >= 0.6 is 0 Å². The number of carbonyl (C=O) groups is 1. The molecule has 0 aromatic carbocycles. The highest BCUT2D eigenvalue weighted by Crippen LogP contribution is 2.14. The summed E-state index contributed by atoms with van der Waals surface area (Å²) in [7, 11) is 4.29. The Morgan fingerprint density at radius 1 is 0.354 bits per heavy atom. The molecule has 0 bridgehead atoms. The van der Waals surface area contributed by atoms with Gasteiger partial charge in [-0.05, 0) is 104 Å². The van der Waals surface area contributed by atoms with E-state index in [2.05, 4.69) is 67.8 Å². The molecule has 0 radical (unpaired) electrons. The number of nitrogens with zero attached hydrogens (tertiary/aromatic N) is 5. The Morgan fingerprint density at radius 2 is 0.677 bits per heavy atom. The van der Waals surface area contributed by atoms with Gasteiger partial charge in [-0.25, -0.2) is 0 Å². The fraction of sp³-hybridized carbons (Fsp3) is 0.948. The summed E-state index contributed by atoms with van der Waals surface area (Å²) in [5.41, 5.74) is 0. The maximum absolute atomic E-state index is 13.8. The fourth-order valence-electron chi connectivity index (χ4n) is 9.12. The van der Waals surface area contributed by atoms with Crippen molar-refractivity contribution in [2.75, 3.05) is 99.2 Å². The number of allylic oxidation sites excluding steroid dienone is 1. The quantitative estimate of drug-likeness (QED) is 0.0447. The second kappa shape index (κ2) is 50.7. The maximum Gasteiger partial charge on any atom is 0.236 e. The lowest BCUT2D eigenvalue weighted by molar-refractivity contribution is -0.131. The lowest BCUT2D eigenvalue weighted by Crippen LogP contribution is -2.44. The highest BCUT2D eigenvalue weighted by molar-refractivity contribution is 5.78. The smallest absolute Gasteiger partial charge is 0.236 e. The second-order valence-electron chi connectivity index (χ2n) is 20.5. The number of likely N-dealkylation sites (N-methyl/N-ethyl adjacent to an activating group) is 2. The van der Waals surface area contributed by atoms with Crippen LogP contribution in [0.25, 0.3) is 0 Å².